The number of rotatable bonds is 3. The van der Waals surface area contributed by atoms with Gasteiger partial charge in [-0.3, -0.25) is 24.5 Å². The van der Waals surface area contributed by atoms with E-state index in [1.807, 2.05) is 6.07 Å². The van der Waals surface area contributed by atoms with E-state index in [0.29, 0.717) is 26.0 Å². The lowest BCUT2D eigenvalue weighted by molar-refractivity contribution is -0.121. The topological polar surface area (TPSA) is 75.2 Å². The molecule has 6 nitrogen and oxygen atoms in total. The Balaban J connectivity index is 1.49. The number of carbonyl (C=O) groups excluding carboxylic acids is 2. The summed E-state index contributed by atoms with van der Waals surface area (Å²) in [5.74, 6) is -0.342. The van der Waals surface area contributed by atoms with Gasteiger partial charge in [0, 0.05) is 30.7 Å². The minimum Gasteiger partial charge on any atom is -0.322 e. The highest BCUT2D eigenvalue weighted by Gasteiger charge is 2.28. The maximum Gasteiger partial charge on any atom is 0.265 e. The van der Waals surface area contributed by atoms with Crippen molar-refractivity contribution in [2.45, 2.75) is 0 Å². The summed E-state index contributed by atoms with van der Waals surface area (Å²) in [7, 11) is 1.66. The third-order valence-electron chi connectivity index (χ3n) is 4.18. The largest absolute Gasteiger partial charge is 0.322 e. The fourth-order valence-corrected chi connectivity index (χ4v) is 3.85. The van der Waals surface area contributed by atoms with Gasteiger partial charge in [-0.25, -0.2) is 0 Å². The van der Waals surface area contributed by atoms with Gasteiger partial charge in [0.25, 0.3) is 11.8 Å². The van der Waals surface area contributed by atoms with Crippen molar-refractivity contribution in [2.75, 3.05) is 12.4 Å². The van der Waals surface area contributed by atoms with Gasteiger partial charge in [-0.2, -0.15) is 0 Å². The molecular formula is C20H14N4O2S2. The van der Waals surface area contributed by atoms with E-state index in [1.165, 1.54) is 16.7 Å². The van der Waals surface area contributed by atoms with Crippen LogP contribution in [0.2, 0.25) is 0 Å². The zero-order chi connectivity index (χ0) is 19.7. The Morgan fingerprint density at radius 2 is 1.82 bits per heavy atom. The van der Waals surface area contributed by atoms with Gasteiger partial charge in [-0.1, -0.05) is 36.1 Å². The molecule has 1 aliphatic rings. The quantitative estimate of drug-likeness (QED) is 0.528. The molecule has 0 aliphatic carbocycles. The Morgan fingerprint density at radius 3 is 2.50 bits per heavy atom. The van der Waals surface area contributed by atoms with Crippen molar-refractivity contribution >= 4 is 62.9 Å². The molecule has 2 amide bonds. The predicted octanol–water partition coefficient (Wildman–Crippen LogP) is 3.71. The van der Waals surface area contributed by atoms with E-state index in [0.717, 1.165) is 11.1 Å². The average molecular weight is 406 g/mol. The number of hydrogen-bond acceptors (Lipinski definition) is 6. The number of benzene rings is 2. The monoisotopic (exact) mass is 406 g/mol. The Labute approximate surface area is 170 Å². The third-order valence-corrected chi connectivity index (χ3v) is 5.67. The summed E-state index contributed by atoms with van der Waals surface area (Å²) in [6.45, 7) is 0. The first kappa shape index (κ1) is 18.3. The van der Waals surface area contributed by atoms with Gasteiger partial charge in [0.05, 0.1) is 15.9 Å². The molecule has 3 aromatic rings. The third kappa shape index (κ3) is 3.64. The summed E-state index contributed by atoms with van der Waals surface area (Å²) in [6.07, 6.45) is 5.01. The Kier molecular flexibility index (Phi) is 4.89. The van der Waals surface area contributed by atoms with Crippen LogP contribution in [0.3, 0.4) is 0 Å². The summed E-state index contributed by atoms with van der Waals surface area (Å²) in [5, 5.41) is 2.86. The maximum absolute atomic E-state index is 12.5. The number of thiocarbonyl (C=S) groups is 1. The highest BCUT2D eigenvalue weighted by atomic mass is 32.2. The van der Waals surface area contributed by atoms with Crippen LogP contribution in [0.4, 0.5) is 5.69 Å². The van der Waals surface area contributed by atoms with Crippen LogP contribution in [-0.2, 0) is 4.79 Å². The van der Waals surface area contributed by atoms with Gasteiger partial charge < -0.3 is 5.32 Å². The zero-order valence-electron chi connectivity index (χ0n) is 14.7. The fraction of sp³-hybridized carbons (Fsp3) is 0.0500. The van der Waals surface area contributed by atoms with E-state index in [-0.39, 0.29) is 11.8 Å². The van der Waals surface area contributed by atoms with Gasteiger partial charge in [-0.15, -0.1) is 0 Å². The van der Waals surface area contributed by atoms with Crippen molar-refractivity contribution in [3.63, 3.8) is 0 Å². The number of fused-ring (bicyclic) bond motifs is 1. The van der Waals surface area contributed by atoms with E-state index < -0.39 is 0 Å². The number of amides is 2. The molecule has 0 unspecified atom stereocenters. The predicted molar refractivity (Wildman–Crippen MR) is 115 cm³/mol. The van der Waals surface area contributed by atoms with E-state index in [1.54, 1.807) is 61.9 Å². The Morgan fingerprint density at radius 1 is 1.11 bits per heavy atom. The molecule has 2 heterocycles. The van der Waals surface area contributed by atoms with Crippen LogP contribution in [0.15, 0.2) is 59.8 Å². The van der Waals surface area contributed by atoms with Crippen LogP contribution in [-0.4, -0.2) is 38.1 Å². The summed E-state index contributed by atoms with van der Waals surface area (Å²) in [5.41, 5.74) is 3.46. The number of hydrogen-bond donors (Lipinski definition) is 1. The highest BCUT2D eigenvalue weighted by Crippen LogP contribution is 2.31. The molecule has 0 radical (unpaired) electrons. The minimum atomic E-state index is -0.227. The number of anilines is 1. The molecule has 1 N–H and O–H groups in total. The van der Waals surface area contributed by atoms with E-state index >= 15 is 0 Å². The molecule has 28 heavy (non-hydrogen) atoms. The van der Waals surface area contributed by atoms with Crippen LogP contribution < -0.4 is 5.32 Å². The van der Waals surface area contributed by atoms with E-state index in [4.69, 9.17) is 12.2 Å². The first-order valence-corrected chi connectivity index (χ1v) is 9.57. The molecule has 1 aliphatic heterocycles. The van der Waals surface area contributed by atoms with Crippen LogP contribution in [0, 0.1) is 0 Å². The van der Waals surface area contributed by atoms with Crippen LogP contribution in [0.25, 0.3) is 17.1 Å². The normalized spacial score (nSPS) is 15.5. The minimum absolute atomic E-state index is 0.115. The second-order valence-corrected chi connectivity index (χ2v) is 7.75. The molecule has 8 heteroatoms. The van der Waals surface area contributed by atoms with Crippen molar-refractivity contribution < 1.29 is 9.59 Å². The molecule has 1 fully saturated rings. The summed E-state index contributed by atoms with van der Waals surface area (Å²) in [6, 6.07) is 12.4. The number of nitrogens with one attached hydrogen (secondary N) is 1. The lowest BCUT2D eigenvalue weighted by Gasteiger charge is -2.06. The summed E-state index contributed by atoms with van der Waals surface area (Å²) < 4.78 is 0.535. The van der Waals surface area contributed by atoms with Crippen molar-refractivity contribution in [2.24, 2.45) is 0 Å². The number of carbonyl (C=O) groups is 2. The molecule has 0 spiro atoms. The van der Waals surface area contributed by atoms with E-state index in [2.05, 4.69) is 15.3 Å². The molecule has 0 atom stereocenters. The number of thioether (sulfide) groups is 1. The Bertz CT molecular complexity index is 1140. The molecular weight excluding hydrogens is 392 g/mol. The standard InChI is InChI=1S/C20H14N4O2S2/c1-24-19(26)17(28-20(24)27)10-12-2-4-13(5-3-12)18(25)23-14-6-7-15-16(11-14)22-9-8-21-15/h2-11H,1H3,(H,23,25). The van der Waals surface area contributed by atoms with Crippen LogP contribution >= 0.6 is 24.0 Å². The molecule has 2 aromatic carbocycles. The van der Waals surface area contributed by atoms with Crippen molar-refractivity contribution in [3.8, 4) is 0 Å². The molecule has 138 valence electrons. The summed E-state index contributed by atoms with van der Waals surface area (Å²) >= 11 is 6.39. The van der Waals surface area contributed by atoms with Gasteiger partial charge in [-0.05, 0) is 42.0 Å². The first-order valence-electron chi connectivity index (χ1n) is 8.35. The van der Waals surface area contributed by atoms with Gasteiger partial charge in [0.15, 0.2) is 0 Å². The number of likely N-dealkylation sites (N-methyl/N-ethyl adjacent to an activating group) is 1. The lowest BCUT2D eigenvalue weighted by atomic mass is 10.1. The van der Waals surface area contributed by atoms with Crippen molar-refractivity contribution in [1.29, 1.82) is 0 Å². The molecule has 4 rings (SSSR count). The van der Waals surface area contributed by atoms with Crippen molar-refractivity contribution in [1.82, 2.24) is 14.9 Å². The SMILES string of the molecule is CN1C(=O)C(=Cc2ccc(C(=O)Nc3ccc4nccnc4c3)cc2)SC1=S. The lowest BCUT2D eigenvalue weighted by Crippen LogP contribution is -2.22. The first-order chi connectivity index (χ1) is 13.5. The molecule has 1 saturated heterocycles. The average Bonchev–Trinajstić information content (AvgIpc) is 2.95. The Hall–Kier alpha value is -3.10. The van der Waals surface area contributed by atoms with Gasteiger partial charge in [0.2, 0.25) is 0 Å². The molecule has 0 bridgehead atoms. The number of aromatic nitrogens is 2. The van der Waals surface area contributed by atoms with Crippen LogP contribution in [0.5, 0.6) is 0 Å². The molecule has 1 aromatic heterocycles. The maximum atomic E-state index is 12.5. The van der Waals surface area contributed by atoms with Gasteiger partial charge >= 0.3 is 0 Å². The van der Waals surface area contributed by atoms with E-state index in [9.17, 15) is 9.59 Å². The zero-order valence-corrected chi connectivity index (χ0v) is 16.4. The molecule has 0 saturated carbocycles. The van der Waals surface area contributed by atoms with Crippen LogP contribution in [0.1, 0.15) is 15.9 Å². The smallest absolute Gasteiger partial charge is 0.265 e. The van der Waals surface area contributed by atoms with Gasteiger partial charge in [0.1, 0.15) is 4.32 Å². The fourth-order valence-electron chi connectivity index (χ4n) is 2.67. The van der Waals surface area contributed by atoms with Crippen molar-refractivity contribution in [3.05, 3.63) is 70.9 Å². The summed E-state index contributed by atoms with van der Waals surface area (Å²) in [4.78, 5) is 35.0. The second kappa shape index (κ2) is 7.49. The highest BCUT2D eigenvalue weighted by molar-refractivity contribution is 8.26. The number of nitrogens with zero attached hydrogens (tertiary/aromatic N) is 3. The second-order valence-electron chi connectivity index (χ2n) is 6.08.